The van der Waals surface area contributed by atoms with Crippen molar-refractivity contribution >= 4 is 34.6 Å². The first-order valence-corrected chi connectivity index (χ1v) is 7.89. The van der Waals surface area contributed by atoms with Crippen LogP contribution < -0.4 is 10.0 Å². The lowest BCUT2D eigenvalue weighted by Crippen LogP contribution is -1.98. The molecule has 0 unspecified atom stereocenters. The molecule has 0 saturated heterocycles. The lowest BCUT2D eigenvalue weighted by molar-refractivity contribution is 0.415. The minimum absolute atomic E-state index is 0.857. The van der Waals surface area contributed by atoms with Gasteiger partial charge in [-0.3, -0.25) is 0 Å². The molecule has 1 aromatic rings. The highest BCUT2D eigenvalue weighted by atomic mass is 32.9. The first-order valence-electron chi connectivity index (χ1n) is 3.49. The van der Waals surface area contributed by atoms with Gasteiger partial charge in [0.25, 0.3) is 0 Å². The molecule has 0 N–H and O–H groups in total. The lowest BCUT2D eigenvalue weighted by Gasteiger charge is -2.09. The van der Waals surface area contributed by atoms with Gasteiger partial charge in [-0.05, 0) is 36.2 Å². The van der Waals surface area contributed by atoms with Crippen molar-refractivity contribution < 1.29 is 4.74 Å². The number of hydrogen-bond donors (Lipinski definition) is 1. The van der Waals surface area contributed by atoms with Crippen LogP contribution in [0.15, 0.2) is 24.3 Å². The molecule has 0 radical (unpaired) electrons. The van der Waals surface area contributed by atoms with E-state index in [1.165, 1.54) is 0 Å². The fourth-order valence-corrected chi connectivity index (χ4v) is 2.33. The van der Waals surface area contributed by atoms with Gasteiger partial charge in [0.05, 0.1) is 7.11 Å². The van der Waals surface area contributed by atoms with Crippen molar-refractivity contribution in [3.05, 3.63) is 24.3 Å². The summed E-state index contributed by atoms with van der Waals surface area (Å²) in [6.07, 6.45) is 0. The fourth-order valence-electron chi connectivity index (χ4n) is 0.859. The third-order valence-corrected chi connectivity index (χ3v) is 4.13. The van der Waals surface area contributed by atoms with Gasteiger partial charge in [-0.1, -0.05) is 11.8 Å². The second-order valence-electron chi connectivity index (χ2n) is 2.58. The van der Waals surface area contributed by atoms with Crippen LogP contribution in [-0.2, 0) is 11.8 Å². The van der Waals surface area contributed by atoms with E-state index in [0.717, 1.165) is 11.1 Å². The summed E-state index contributed by atoms with van der Waals surface area (Å²) in [7, 11) is 1.65. The summed E-state index contributed by atoms with van der Waals surface area (Å²) in [5.41, 5.74) is 0. The Kier molecular flexibility index (Phi) is 3.22. The Labute approximate surface area is 83.3 Å². The van der Waals surface area contributed by atoms with Gasteiger partial charge in [0.2, 0.25) is 0 Å². The van der Waals surface area contributed by atoms with Crippen LogP contribution in [0.5, 0.6) is 5.75 Å². The zero-order valence-electron chi connectivity index (χ0n) is 7.02. The predicted molar refractivity (Wildman–Crippen MR) is 61.8 cm³/mol. The van der Waals surface area contributed by atoms with Crippen LogP contribution >= 0.6 is 17.5 Å². The summed E-state index contributed by atoms with van der Waals surface area (Å²) in [5, 5.41) is -0.450. The highest BCUT2D eigenvalue weighted by molar-refractivity contribution is 8.65. The van der Waals surface area contributed by atoms with E-state index in [-0.39, 0.29) is 0 Å². The topological polar surface area (TPSA) is 9.23 Å². The van der Waals surface area contributed by atoms with E-state index < -0.39 is 5.24 Å². The maximum atomic E-state index is 5.27. The summed E-state index contributed by atoms with van der Waals surface area (Å²) in [6, 6.07) is 7.78. The molecule has 0 saturated carbocycles. The van der Waals surface area contributed by atoms with Crippen LogP contribution in [0, 0.1) is 0 Å². The molecule has 0 aliphatic heterocycles. The zero-order valence-corrected chi connectivity index (χ0v) is 9.63. The largest absolute Gasteiger partial charge is 0.497 e. The van der Waals surface area contributed by atoms with Gasteiger partial charge in [0.1, 0.15) is 5.75 Å². The predicted octanol–water partition coefficient (Wildman–Crippen LogP) is 2.27. The standard InChI is InChI=1S/C8H11OPS2/c1-9-7-3-5-8(6-4-7)10(2,11)12/h3-6H,1-2H3,(H,11,12). The van der Waals surface area contributed by atoms with Gasteiger partial charge in [0.15, 0.2) is 0 Å². The van der Waals surface area contributed by atoms with Crippen molar-refractivity contribution in [2.24, 2.45) is 0 Å². The Balaban J connectivity index is 3.01. The Bertz CT molecular complexity index is 301. The molecule has 0 fully saturated rings. The maximum absolute atomic E-state index is 5.27. The quantitative estimate of drug-likeness (QED) is 0.602. The average molecular weight is 218 g/mol. The minimum Gasteiger partial charge on any atom is -0.497 e. The second-order valence-corrected chi connectivity index (χ2v) is 10.3. The number of methoxy groups -OCH3 is 1. The zero-order chi connectivity index (χ0) is 9.19. The van der Waals surface area contributed by atoms with E-state index in [1.807, 2.05) is 30.9 Å². The number of rotatable bonds is 2. The monoisotopic (exact) mass is 218 g/mol. The molecule has 0 spiro atoms. The smallest absolute Gasteiger partial charge is 0.118 e. The average Bonchev–Trinajstić information content (AvgIpc) is 2.03. The van der Waals surface area contributed by atoms with Crippen LogP contribution in [0.1, 0.15) is 0 Å². The van der Waals surface area contributed by atoms with Crippen LogP contribution in [0.3, 0.4) is 0 Å². The molecule has 0 bridgehead atoms. The molecule has 0 aliphatic rings. The van der Waals surface area contributed by atoms with E-state index >= 15 is 0 Å². The molecule has 0 amide bonds. The van der Waals surface area contributed by atoms with Crippen LogP contribution in [0.2, 0.25) is 0 Å². The van der Waals surface area contributed by atoms with Crippen molar-refractivity contribution in [3.8, 4) is 5.75 Å². The SMILES string of the molecule is COc1ccc([P@@](C)(=S)S)cc1. The molecule has 0 aromatic heterocycles. The third-order valence-electron chi connectivity index (χ3n) is 1.55. The third kappa shape index (κ3) is 2.51. The van der Waals surface area contributed by atoms with Crippen LogP contribution in [-0.4, -0.2) is 13.8 Å². The first-order chi connectivity index (χ1) is 5.54. The fraction of sp³-hybridized carbons (Fsp3) is 0.250. The van der Waals surface area contributed by atoms with Gasteiger partial charge >= 0.3 is 0 Å². The van der Waals surface area contributed by atoms with Gasteiger partial charge < -0.3 is 4.74 Å². The summed E-state index contributed by atoms with van der Waals surface area (Å²) < 4.78 is 5.04. The molecule has 1 aromatic carbocycles. The summed E-state index contributed by atoms with van der Waals surface area (Å²) in [4.78, 5) is 0. The van der Waals surface area contributed by atoms with Crippen molar-refractivity contribution in [3.63, 3.8) is 0 Å². The first kappa shape index (κ1) is 10.1. The molecule has 4 heteroatoms. The Morgan fingerprint density at radius 1 is 1.33 bits per heavy atom. The lowest BCUT2D eigenvalue weighted by atomic mass is 10.3. The molecule has 1 atom stereocenters. The van der Waals surface area contributed by atoms with E-state index in [0.29, 0.717) is 0 Å². The summed E-state index contributed by atoms with van der Waals surface area (Å²) >= 11 is 9.66. The van der Waals surface area contributed by atoms with Crippen molar-refractivity contribution in [1.29, 1.82) is 0 Å². The number of benzene rings is 1. The molecular weight excluding hydrogens is 207 g/mol. The molecular formula is C8H11OPS2. The second kappa shape index (κ2) is 3.82. The Hall–Kier alpha value is 0.0200. The van der Waals surface area contributed by atoms with E-state index in [9.17, 15) is 0 Å². The Morgan fingerprint density at radius 3 is 2.17 bits per heavy atom. The van der Waals surface area contributed by atoms with Crippen molar-refractivity contribution in [2.75, 3.05) is 13.8 Å². The Morgan fingerprint density at radius 2 is 1.83 bits per heavy atom. The van der Waals surface area contributed by atoms with E-state index in [1.54, 1.807) is 7.11 Å². The molecule has 1 nitrogen and oxygen atoms in total. The number of ether oxygens (including phenoxy) is 1. The minimum atomic E-state index is -1.58. The number of hydrogen-bond acceptors (Lipinski definition) is 2. The van der Waals surface area contributed by atoms with Crippen LogP contribution in [0.25, 0.3) is 0 Å². The van der Waals surface area contributed by atoms with Gasteiger partial charge in [-0.15, -0.1) is 12.2 Å². The van der Waals surface area contributed by atoms with Crippen molar-refractivity contribution in [2.45, 2.75) is 0 Å². The summed E-state index contributed by atoms with van der Waals surface area (Å²) in [5.74, 6) is 0.857. The molecule has 12 heavy (non-hydrogen) atoms. The highest BCUT2D eigenvalue weighted by Gasteiger charge is 2.06. The molecule has 66 valence electrons. The van der Waals surface area contributed by atoms with Gasteiger partial charge in [0, 0.05) is 5.24 Å². The van der Waals surface area contributed by atoms with Gasteiger partial charge in [-0.2, -0.15) is 0 Å². The molecule has 1 rings (SSSR count). The summed E-state index contributed by atoms with van der Waals surface area (Å²) in [6.45, 7) is 1.99. The molecule has 0 heterocycles. The van der Waals surface area contributed by atoms with Crippen LogP contribution in [0.4, 0.5) is 0 Å². The normalized spacial score (nSPS) is 15.2. The maximum Gasteiger partial charge on any atom is 0.118 e. The van der Waals surface area contributed by atoms with E-state index in [4.69, 9.17) is 16.5 Å². The highest BCUT2D eigenvalue weighted by Crippen LogP contribution is 2.45. The van der Waals surface area contributed by atoms with Crippen molar-refractivity contribution in [1.82, 2.24) is 0 Å². The van der Waals surface area contributed by atoms with E-state index in [2.05, 4.69) is 12.2 Å². The number of thiol groups is 1. The molecule has 0 aliphatic carbocycles. The van der Waals surface area contributed by atoms with Gasteiger partial charge in [-0.25, -0.2) is 0 Å².